The van der Waals surface area contributed by atoms with Gasteiger partial charge >= 0.3 is 0 Å². The van der Waals surface area contributed by atoms with E-state index >= 15 is 0 Å². The molecule has 1 aromatic heterocycles. The number of carbonyl (C=O) groups is 1. The molecular weight excluding hydrogens is 220 g/mol. The van der Waals surface area contributed by atoms with Crippen molar-refractivity contribution in [2.24, 2.45) is 7.05 Å². The van der Waals surface area contributed by atoms with Crippen LogP contribution in [0.4, 0.5) is 0 Å². The van der Waals surface area contributed by atoms with E-state index in [1.165, 1.54) is 0 Å². The first-order valence-electron chi connectivity index (χ1n) is 5.42. The highest BCUT2D eigenvalue weighted by Crippen LogP contribution is 2.13. The number of ether oxygens (including phenoxy) is 1. The van der Waals surface area contributed by atoms with Gasteiger partial charge in [0.05, 0.1) is 31.0 Å². The maximum atomic E-state index is 12.2. The third kappa shape index (κ3) is 2.15. The smallest absolute Gasteiger partial charge is 0.257 e. The molecule has 1 atom stereocenters. The lowest BCUT2D eigenvalue weighted by molar-refractivity contribution is 0.00342. The van der Waals surface area contributed by atoms with Crippen LogP contribution in [0.5, 0.6) is 0 Å². The fourth-order valence-electron chi connectivity index (χ4n) is 1.79. The number of nitrogens with zero attached hydrogens (tertiary/aromatic N) is 4. The van der Waals surface area contributed by atoms with E-state index in [0.717, 1.165) is 5.69 Å². The summed E-state index contributed by atoms with van der Waals surface area (Å²) in [5.41, 5.74) is 1.42. The van der Waals surface area contributed by atoms with Crippen LogP contribution >= 0.6 is 0 Å². The van der Waals surface area contributed by atoms with E-state index in [0.29, 0.717) is 25.3 Å². The zero-order chi connectivity index (χ0) is 12.4. The minimum Gasteiger partial charge on any atom is -0.360 e. The van der Waals surface area contributed by atoms with Gasteiger partial charge in [-0.15, -0.1) is 0 Å². The molecule has 2 rings (SSSR count). The van der Waals surface area contributed by atoms with Crippen molar-refractivity contribution in [2.45, 2.75) is 13.0 Å². The second-order valence-electron chi connectivity index (χ2n) is 4.01. The molecular formula is C11H14N4O2. The SMILES string of the molecule is Cc1c(C(=O)N2CCOC(C#N)C2)cnn1C. The highest BCUT2D eigenvalue weighted by atomic mass is 16.5. The van der Waals surface area contributed by atoms with Crippen LogP contribution < -0.4 is 0 Å². The molecule has 6 heteroatoms. The second kappa shape index (κ2) is 4.55. The summed E-state index contributed by atoms with van der Waals surface area (Å²) in [6, 6.07) is 2.02. The molecule has 0 saturated carbocycles. The molecule has 0 aliphatic carbocycles. The molecule has 0 spiro atoms. The van der Waals surface area contributed by atoms with Crippen molar-refractivity contribution >= 4 is 5.91 Å². The van der Waals surface area contributed by atoms with Gasteiger partial charge in [0.2, 0.25) is 0 Å². The lowest BCUT2D eigenvalue weighted by Gasteiger charge is -2.29. The molecule has 0 bridgehead atoms. The summed E-state index contributed by atoms with van der Waals surface area (Å²) in [5, 5.41) is 12.8. The largest absolute Gasteiger partial charge is 0.360 e. The maximum absolute atomic E-state index is 12.2. The summed E-state index contributed by atoms with van der Waals surface area (Å²) in [7, 11) is 1.80. The third-order valence-corrected chi connectivity index (χ3v) is 2.96. The standard InChI is InChI=1S/C11H14N4O2/c1-8-10(6-13-14(8)2)11(16)15-3-4-17-9(5-12)7-15/h6,9H,3-4,7H2,1-2H3. The van der Waals surface area contributed by atoms with Crippen LogP contribution in [0, 0.1) is 18.3 Å². The molecule has 1 unspecified atom stereocenters. The van der Waals surface area contributed by atoms with E-state index in [9.17, 15) is 4.79 Å². The Bertz CT molecular complexity index is 474. The number of hydrogen-bond donors (Lipinski definition) is 0. The molecule has 1 aliphatic rings. The van der Waals surface area contributed by atoms with Gasteiger partial charge in [-0.25, -0.2) is 0 Å². The molecule has 2 heterocycles. The summed E-state index contributed by atoms with van der Waals surface area (Å²) >= 11 is 0. The quantitative estimate of drug-likeness (QED) is 0.690. The minimum absolute atomic E-state index is 0.0841. The van der Waals surface area contributed by atoms with Gasteiger partial charge in [-0.1, -0.05) is 0 Å². The average Bonchev–Trinajstić information content (AvgIpc) is 2.69. The maximum Gasteiger partial charge on any atom is 0.257 e. The van der Waals surface area contributed by atoms with Crippen LogP contribution in [0.1, 0.15) is 16.1 Å². The van der Waals surface area contributed by atoms with Gasteiger partial charge in [-0.05, 0) is 6.92 Å². The van der Waals surface area contributed by atoms with Crippen LogP contribution in [-0.4, -0.2) is 46.4 Å². The summed E-state index contributed by atoms with van der Waals surface area (Å²) in [6.07, 6.45) is 1.04. The minimum atomic E-state index is -0.523. The number of rotatable bonds is 1. The molecule has 0 radical (unpaired) electrons. The first-order valence-corrected chi connectivity index (χ1v) is 5.42. The van der Waals surface area contributed by atoms with Gasteiger partial charge in [0.15, 0.2) is 6.10 Å². The Balaban J connectivity index is 2.15. The normalized spacial score (nSPS) is 20.1. The van der Waals surface area contributed by atoms with Crippen molar-refractivity contribution in [2.75, 3.05) is 19.7 Å². The fraction of sp³-hybridized carbons (Fsp3) is 0.545. The lowest BCUT2D eigenvalue weighted by atomic mass is 10.2. The fourth-order valence-corrected chi connectivity index (χ4v) is 1.79. The van der Waals surface area contributed by atoms with Crippen molar-refractivity contribution < 1.29 is 9.53 Å². The number of nitriles is 1. The van der Waals surface area contributed by atoms with E-state index in [-0.39, 0.29) is 5.91 Å². The Kier molecular flexibility index (Phi) is 3.11. The number of aromatic nitrogens is 2. The zero-order valence-corrected chi connectivity index (χ0v) is 9.88. The number of morpholine rings is 1. The molecule has 0 N–H and O–H groups in total. The monoisotopic (exact) mass is 234 g/mol. The first kappa shape index (κ1) is 11.6. The molecule has 1 amide bonds. The van der Waals surface area contributed by atoms with Crippen molar-refractivity contribution in [1.82, 2.24) is 14.7 Å². The van der Waals surface area contributed by atoms with Gasteiger partial charge in [-0.2, -0.15) is 10.4 Å². The number of amides is 1. The van der Waals surface area contributed by atoms with Gasteiger partial charge in [0, 0.05) is 19.3 Å². The van der Waals surface area contributed by atoms with Crippen molar-refractivity contribution in [3.8, 4) is 6.07 Å². The van der Waals surface area contributed by atoms with E-state index < -0.39 is 6.10 Å². The summed E-state index contributed by atoms with van der Waals surface area (Å²) in [4.78, 5) is 13.8. The summed E-state index contributed by atoms with van der Waals surface area (Å²) < 4.78 is 6.87. The Hall–Kier alpha value is -1.87. The number of hydrogen-bond acceptors (Lipinski definition) is 4. The topological polar surface area (TPSA) is 71.2 Å². The zero-order valence-electron chi connectivity index (χ0n) is 9.88. The Morgan fingerprint density at radius 2 is 2.47 bits per heavy atom. The molecule has 1 aromatic rings. The van der Waals surface area contributed by atoms with Gasteiger partial charge in [0.25, 0.3) is 5.91 Å². The summed E-state index contributed by atoms with van der Waals surface area (Å²) in [6.45, 7) is 3.10. The predicted molar refractivity (Wildman–Crippen MR) is 59.2 cm³/mol. The van der Waals surface area contributed by atoms with E-state index in [1.54, 1.807) is 22.8 Å². The molecule has 6 nitrogen and oxygen atoms in total. The highest BCUT2D eigenvalue weighted by Gasteiger charge is 2.26. The summed E-state index contributed by atoms with van der Waals surface area (Å²) in [5.74, 6) is -0.0841. The molecule has 90 valence electrons. The van der Waals surface area contributed by atoms with Crippen LogP contribution in [0.25, 0.3) is 0 Å². The third-order valence-electron chi connectivity index (χ3n) is 2.96. The average molecular weight is 234 g/mol. The molecule has 0 aromatic carbocycles. The van der Waals surface area contributed by atoms with E-state index in [2.05, 4.69) is 5.10 Å². The second-order valence-corrected chi connectivity index (χ2v) is 4.01. The van der Waals surface area contributed by atoms with Crippen LogP contribution in [0.15, 0.2) is 6.20 Å². The number of aryl methyl sites for hydroxylation is 1. The van der Waals surface area contributed by atoms with Gasteiger partial charge < -0.3 is 9.64 Å². The van der Waals surface area contributed by atoms with Gasteiger partial charge in [0.1, 0.15) is 0 Å². The molecule has 1 fully saturated rings. The number of carbonyl (C=O) groups excluding carboxylic acids is 1. The van der Waals surface area contributed by atoms with Crippen molar-refractivity contribution in [3.05, 3.63) is 17.5 Å². The first-order chi connectivity index (χ1) is 8.13. The highest BCUT2D eigenvalue weighted by molar-refractivity contribution is 5.95. The van der Waals surface area contributed by atoms with E-state index in [1.807, 2.05) is 13.0 Å². The van der Waals surface area contributed by atoms with Crippen molar-refractivity contribution in [1.29, 1.82) is 5.26 Å². The van der Waals surface area contributed by atoms with Crippen LogP contribution in [0.3, 0.4) is 0 Å². The van der Waals surface area contributed by atoms with Gasteiger partial charge in [-0.3, -0.25) is 9.48 Å². The van der Waals surface area contributed by atoms with Crippen LogP contribution in [0.2, 0.25) is 0 Å². The Morgan fingerprint density at radius 3 is 3.06 bits per heavy atom. The van der Waals surface area contributed by atoms with Crippen LogP contribution in [-0.2, 0) is 11.8 Å². The lowest BCUT2D eigenvalue weighted by Crippen LogP contribution is -2.45. The Labute approximate surface area is 99.4 Å². The predicted octanol–water partition coefficient (Wildman–Crippen LogP) is 0.0931. The van der Waals surface area contributed by atoms with Crippen molar-refractivity contribution in [3.63, 3.8) is 0 Å². The Morgan fingerprint density at radius 1 is 1.71 bits per heavy atom. The molecule has 1 saturated heterocycles. The molecule has 1 aliphatic heterocycles. The molecule has 17 heavy (non-hydrogen) atoms. The van der Waals surface area contributed by atoms with E-state index in [4.69, 9.17) is 10.00 Å².